The average Bonchev–Trinajstić information content (AvgIpc) is 3.12. The van der Waals surface area contributed by atoms with E-state index in [0.29, 0.717) is 39.1 Å². The maximum atomic E-state index is 12.4. The summed E-state index contributed by atoms with van der Waals surface area (Å²) in [6, 6.07) is 12.5. The number of para-hydroxylation sites is 2. The molecule has 0 bridgehead atoms. The number of thioether (sulfide) groups is 1. The Labute approximate surface area is 194 Å². The number of aromatic nitrogens is 3. The third kappa shape index (κ3) is 4.92. The second kappa shape index (κ2) is 9.38. The lowest BCUT2D eigenvalue weighted by molar-refractivity contribution is -0.119. The normalized spacial score (nSPS) is 16.1. The van der Waals surface area contributed by atoms with Gasteiger partial charge in [0.25, 0.3) is 0 Å². The molecule has 1 aliphatic rings. The van der Waals surface area contributed by atoms with E-state index in [-0.39, 0.29) is 23.8 Å². The predicted molar refractivity (Wildman–Crippen MR) is 120 cm³/mol. The van der Waals surface area contributed by atoms with Crippen LogP contribution in [-0.4, -0.2) is 33.0 Å². The summed E-state index contributed by atoms with van der Waals surface area (Å²) in [5.74, 6) is 2.07. The SMILES string of the molecule is C[C@H](NC(=O)CSc1nnc([C@H]2COc3ccccc3O2)n1C)c1ccc(Cl)cc1Cl. The molecule has 10 heteroatoms. The molecule has 0 fully saturated rings. The standard InChI is InChI=1S/C21H20Cl2N4O3S/c1-12(14-8-7-13(22)9-15(14)23)24-19(28)11-31-21-26-25-20(27(21)2)18-10-29-16-5-3-4-6-17(16)30-18/h3-9,12,18H,10-11H2,1-2H3,(H,24,28)/t12-,18+/m0/s1. The van der Waals surface area contributed by atoms with Crippen LogP contribution in [0, 0.1) is 0 Å². The molecule has 7 nitrogen and oxygen atoms in total. The molecular weight excluding hydrogens is 459 g/mol. The van der Waals surface area contributed by atoms with E-state index in [0.717, 1.165) is 5.56 Å². The maximum absolute atomic E-state index is 12.4. The summed E-state index contributed by atoms with van der Waals surface area (Å²) in [6.07, 6.45) is -0.373. The molecule has 4 rings (SSSR count). The van der Waals surface area contributed by atoms with E-state index >= 15 is 0 Å². The van der Waals surface area contributed by atoms with Crippen LogP contribution in [0.4, 0.5) is 0 Å². The Kier molecular flexibility index (Phi) is 6.60. The van der Waals surface area contributed by atoms with Crippen LogP contribution >= 0.6 is 35.0 Å². The highest BCUT2D eigenvalue weighted by Crippen LogP contribution is 2.35. The molecule has 3 aromatic rings. The van der Waals surface area contributed by atoms with E-state index in [4.69, 9.17) is 32.7 Å². The van der Waals surface area contributed by atoms with Crippen LogP contribution in [0.15, 0.2) is 47.6 Å². The first-order valence-corrected chi connectivity index (χ1v) is 11.3. The lowest BCUT2D eigenvalue weighted by Crippen LogP contribution is -2.28. The van der Waals surface area contributed by atoms with E-state index in [1.165, 1.54) is 11.8 Å². The molecule has 1 aliphatic heterocycles. The number of hydrogen-bond acceptors (Lipinski definition) is 6. The van der Waals surface area contributed by atoms with Gasteiger partial charge in [-0.1, -0.05) is 53.2 Å². The Bertz CT molecular complexity index is 1110. The number of carbonyl (C=O) groups excluding carboxylic acids is 1. The minimum Gasteiger partial charge on any atom is -0.485 e. The van der Waals surface area contributed by atoms with Crippen molar-refractivity contribution >= 4 is 40.9 Å². The van der Waals surface area contributed by atoms with Gasteiger partial charge in [-0.15, -0.1) is 10.2 Å². The van der Waals surface area contributed by atoms with Gasteiger partial charge in [-0.2, -0.15) is 0 Å². The zero-order valence-corrected chi connectivity index (χ0v) is 19.2. The topological polar surface area (TPSA) is 78.3 Å². The maximum Gasteiger partial charge on any atom is 0.230 e. The highest BCUT2D eigenvalue weighted by Gasteiger charge is 2.27. The number of fused-ring (bicyclic) bond motifs is 1. The van der Waals surface area contributed by atoms with Gasteiger partial charge in [-0.25, -0.2) is 0 Å². The van der Waals surface area contributed by atoms with Crippen LogP contribution in [0.1, 0.15) is 30.5 Å². The monoisotopic (exact) mass is 478 g/mol. The number of rotatable bonds is 6. The molecule has 1 amide bonds. The Morgan fingerprint density at radius 2 is 2.03 bits per heavy atom. The molecule has 2 heterocycles. The first-order valence-electron chi connectivity index (χ1n) is 9.57. The third-order valence-electron chi connectivity index (χ3n) is 4.80. The minimum absolute atomic E-state index is 0.140. The zero-order chi connectivity index (χ0) is 22.0. The number of carbonyl (C=O) groups is 1. The van der Waals surface area contributed by atoms with Crippen molar-refractivity contribution in [3.05, 3.63) is 63.9 Å². The Morgan fingerprint density at radius 1 is 1.26 bits per heavy atom. The van der Waals surface area contributed by atoms with Crippen molar-refractivity contribution < 1.29 is 14.3 Å². The number of benzene rings is 2. The number of halogens is 2. The van der Waals surface area contributed by atoms with Crippen LogP contribution in [-0.2, 0) is 11.8 Å². The fourth-order valence-electron chi connectivity index (χ4n) is 3.22. The van der Waals surface area contributed by atoms with Gasteiger partial charge >= 0.3 is 0 Å². The van der Waals surface area contributed by atoms with E-state index < -0.39 is 0 Å². The summed E-state index contributed by atoms with van der Waals surface area (Å²) in [7, 11) is 1.84. The molecule has 31 heavy (non-hydrogen) atoms. The van der Waals surface area contributed by atoms with E-state index in [1.807, 2.05) is 48.9 Å². The Balaban J connectivity index is 1.35. The quantitative estimate of drug-likeness (QED) is 0.521. The van der Waals surface area contributed by atoms with Crippen LogP contribution < -0.4 is 14.8 Å². The molecule has 2 atom stereocenters. The van der Waals surface area contributed by atoms with Gasteiger partial charge in [-0.05, 0) is 36.8 Å². The highest BCUT2D eigenvalue weighted by atomic mass is 35.5. The smallest absolute Gasteiger partial charge is 0.230 e. The molecule has 0 saturated carbocycles. The molecule has 1 N–H and O–H groups in total. The molecule has 0 saturated heterocycles. The largest absolute Gasteiger partial charge is 0.485 e. The molecule has 2 aromatic carbocycles. The predicted octanol–water partition coefficient (Wildman–Crippen LogP) is 4.60. The molecule has 0 spiro atoms. The molecular formula is C21H20Cl2N4O3S. The zero-order valence-electron chi connectivity index (χ0n) is 16.8. The molecule has 0 aliphatic carbocycles. The van der Waals surface area contributed by atoms with Gasteiger partial charge in [0.1, 0.15) is 6.61 Å². The fourth-order valence-corrected chi connectivity index (χ4v) is 4.52. The second-order valence-corrected chi connectivity index (χ2v) is 8.79. The first kappa shape index (κ1) is 21.8. The summed E-state index contributed by atoms with van der Waals surface area (Å²) in [4.78, 5) is 12.4. The number of ether oxygens (including phenoxy) is 2. The average molecular weight is 479 g/mol. The van der Waals surface area contributed by atoms with Crippen molar-refractivity contribution in [2.45, 2.75) is 24.2 Å². The second-order valence-electron chi connectivity index (χ2n) is 7.01. The number of nitrogens with one attached hydrogen (secondary N) is 1. The lowest BCUT2D eigenvalue weighted by atomic mass is 10.1. The van der Waals surface area contributed by atoms with Crippen LogP contribution in [0.3, 0.4) is 0 Å². The molecule has 0 radical (unpaired) electrons. The van der Waals surface area contributed by atoms with Gasteiger partial charge in [0, 0.05) is 17.1 Å². The highest BCUT2D eigenvalue weighted by molar-refractivity contribution is 7.99. The van der Waals surface area contributed by atoms with E-state index in [1.54, 1.807) is 12.1 Å². The molecule has 162 valence electrons. The van der Waals surface area contributed by atoms with Gasteiger partial charge in [0.2, 0.25) is 5.91 Å². The first-order chi connectivity index (χ1) is 14.9. The van der Waals surface area contributed by atoms with Gasteiger partial charge in [0.05, 0.1) is 11.8 Å². The minimum atomic E-state index is -0.373. The van der Waals surface area contributed by atoms with Gasteiger partial charge in [0.15, 0.2) is 28.6 Å². The summed E-state index contributed by atoms with van der Waals surface area (Å²) < 4.78 is 13.6. The van der Waals surface area contributed by atoms with Crippen molar-refractivity contribution in [2.24, 2.45) is 7.05 Å². The third-order valence-corrected chi connectivity index (χ3v) is 6.39. The summed E-state index contributed by atoms with van der Waals surface area (Å²) >= 11 is 13.5. The van der Waals surface area contributed by atoms with Crippen molar-refractivity contribution in [2.75, 3.05) is 12.4 Å². The Hall–Kier alpha value is -2.42. The number of amides is 1. The van der Waals surface area contributed by atoms with Gasteiger partial charge in [-0.3, -0.25) is 4.79 Å². The van der Waals surface area contributed by atoms with Crippen molar-refractivity contribution in [3.8, 4) is 11.5 Å². The summed E-state index contributed by atoms with van der Waals surface area (Å²) in [5.41, 5.74) is 0.806. The fraction of sp³-hybridized carbons (Fsp3) is 0.286. The Morgan fingerprint density at radius 3 is 2.81 bits per heavy atom. The molecule has 1 aromatic heterocycles. The van der Waals surface area contributed by atoms with E-state index in [9.17, 15) is 4.79 Å². The van der Waals surface area contributed by atoms with Gasteiger partial charge < -0.3 is 19.4 Å². The van der Waals surface area contributed by atoms with Crippen molar-refractivity contribution in [1.29, 1.82) is 0 Å². The lowest BCUT2D eigenvalue weighted by Gasteiger charge is -2.25. The van der Waals surface area contributed by atoms with Crippen LogP contribution in [0.5, 0.6) is 11.5 Å². The number of hydrogen-bond donors (Lipinski definition) is 1. The molecule has 0 unspecified atom stereocenters. The van der Waals surface area contributed by atoms with Crippen molar-refractivity contribution in [3.63, 3.8) is 0 Å². The van der Waals surface area contributed by atoms with Crippen LogP contribution in [0.25, 0.3) is 0 Å². The summed E-state index contributed by atoms with van der Waals surface area (Å²) in [6.45, 7) is 2.21. The van der Waals surface area contributed by atoms with Crippen molar-refractivity contribution in [1.82, 2.24) is 20.1 Å². The summed E-state index contributed by atoms with van der Waals surface area (Å²) in [5, 5.41) is 13.1. The van der Waals surface area contributed by atoms with E-state index in [2.05, 4.69) is 15.5 Å². The van der Waals surface area contributed by atoms with Crippen LogP contribution in [0.2, 0.25) is 10.0 Å². The number of nitrogens with zero attached hydrogens (tertiary/aromatic N) is 3.